The lowest BCUT2D eigenvalue weighted by Crippen LogP contribution is -2.47. The van der Waals surface area contributed by atoms with Crippen molar-refractivity contribution in [3.05, 3.63) is 36.5 Å². The van der Waals surface area contributed by atoms with E-state index in [9.17, 15) is 19.0 Å². The molecule has 490 valence electrons. The molecular weight excluding hydrogens is 1050 g/mol. The Kier molecular flexibility index (Phi) is 61.9. The number of hydrogen-bond acceptors (Lipinski definition) is 7. The number of carbonyl (C=O) groups excluding carboxylic acids is 2. The van der Waals surface area contributed by atoms with Gasteiger partial charge in [0.1, 0.15) is 19.3 Å². The van der Waals surface area contributed by atoms with Gasteiger partial charge >= 0.3 is 5.97 Å². The van der Waals surface area contributed by atoms with Gasteiger partial charge in [0.05, 0.1) is 33.8 Å². The summed E-state index contributed by atoms with van der Waals surface area (Å²) in [6, 6.07) is -0.884. The van der Waals surface area contributed by atoms with Crippen LogP contribution >= 0.6 is 7.82 Å². The summed E-state index contributed by atoms with van der Waals surface area (Å²) in [7, 11) is 1.20. The van der Waals surface area contributed by atoms with E-state index in [1.807, 2.05) is 33.3 Å². The monoisotopic (exact) mass is 1190 g/mol. The van der Waals surface area contributed by atoms with Gasteiger partial charge in [0.25, 0.3) is 7.82 Å². The van der Waals surface area contributed by atoms with Crippen LogP contribution in [0.5, 0.6) is 0 Å². The number of nitrogens with one attached hydrogen (secondary N) is 1. The average Bonchev–Trinajstić information content (AvgIpc) is 3.51. The van der Waals surface area contributed by atoms with E-state index in [0.717, 1.165) is 64.2 Å². The van der Waals surface area contributed by atoms with Crippen LogP contribution in [0.3, 0.4) is 0 Å². The predicted octanol–water partition coefficient (Wildman–Crippen LogP) is 22.4. The molecule has 0 heterocycles. The minimum absolute atomic E-state index is 0.0187. The van der Waals surface area contributed by atoms with Crippen molar-refractivity contribution in [2.45, 2.75) is 380 Å². The first-order valence-corrected chi connectivity index (χ1v) is 37.8. The molecule has 0 radical (unpaired) electrons. The van der Waals surface area contributed by atoms with Gasteiger partial charge in [0.15, 0.2) is 0 Å². The smallest absolute Gasteiger partial charge is 0.306 e. The molecule has 0 aromatic carbocycles. The number of quaternary nitrogens is 1. The molecule has 1 N–H and O–H groups in total. The number of phosphoric acid groups is 1. The van der Waals surface area contributed by atoms with Crippen LogP contribution < -0.4 is 10.2 Å². The van der Waals surface area contributed by atoms with E-state index in [1.54, 1.807) is 0 Å². The maximum Gasteiger partial charge on any atom is 0.306 e. The molecule has 83 heavy (non-hydrogen) atoms. The molecule has 3 atom stereocenters. The Morgan fingerprint density at radius 3 is 1.11 bits per heavy atom. The topological polar surface area (TPSA) is 114 Å². The highest BCUT2D eigenvalue weighted by Crippen LogP contribution is 2.38. The van der Waals surface area contributed by atoms with Crippen LogP contribution in [-0.2, 0) is 27.9 Å². The summed E-state index contributed by atoms with van der Waals surface area (Å²) >= 11 is 0. The van der Waals surface area contributed by atoms with E-state index < -0.39 is 20.0 Å². The van der Waals surface area contributed by atoms with E-state index in [4.69, 9.17) is 13.8 Å². The maximum atomic E-state index is 13.6. The fourth-order valence-corrected chi connectivity index (χ4v) is 11.7. The molecule has 3 unspecified atom stereocenters. The first kappa shape index (κ1) is 81.2. The largest absolute Gasteiger partial charge is 0.756 e. The van der Waals surface area contributed by atoms with Gasteiger partial charge in [-0.1, -0.05) is 327 Å². The van der Waals surface area contributed by atoms with Crippen LogP contribution in [0.25, 0.3) is 0 Å². The van der Waals surface area contributed by atoms with Crippen LogP contribution in [0.4, 0.5) is 0 Å². The lowest BCUT2D eigenvalue weighted by atomic mass is 10.0. The molecule has 0 aromatic heterocycles. The number of allylic oxidation sites excluding steroid dienone is 5. The summed E-state index contributed by atoms with van der Waals surface area (Å²) in [5.41, 5.74) is 0. The highest BCUT2D eigenvalue weighted by molar-refractivity contribution is 7.45. The van der Waals surface area contributed by atoms with Gasteiger partial charge in [0, 0.05) is 12.8 Å². The molecule has 0 saturated heterocycles. The Hall–Kier alpha value is -1.77. The molecule has 0 bridgehead atoms. The Bertz CT molecular complexity index is 1510. The van der Waals surface area contributed by atoms with Gasteiger partial charge in [-0.25, -0.2) is 0 Å². The lowest BCUT2D eigenvalue weighted by Gasteiger charge is -2.30. The minimum atomic E-state index is -4.70. The van der Waals surface area contributed by atoms with E-state index in [0.29, 0.717) is 17.4 Å². The second-order valence-electron chi connectivity index (χ2n) is 26.1. The van der Waals surface area contributed by atoms with E-state index in [1.165, 1.54) is 270 Å². The number of likely N-dealkylation sites (N-methyl/N-ethyl adjacent to an activating group) is 1. The Balaban J connectivity index is 4.93. The number of ether oxygens (including phenoxy) is 1. The van der Waals surface area contributed by atoms with E-state index >= 15 is 0 Å². The molecule has 0 spiro atoms. The number of rotatable bonds is 67. The molecule has 0 aromatic rings. The van der Waals surface area contributed by atoms with Crippen LogP contribution in [0.1, 0.15) is 367 Å². The number of esters is 1. The summed E-state index contributed by atoms with van der Waals surface area (Å²) < 4.78 is 30.4. The number of amides is 1. The molecule has 0 aliphatic rings. The zero-order chi connectivity index (χ0) is 60.7. The third-order valence-electron chi connectivity index (χ3n) is 16.6. The van der Waals surface area contributed by atoms with E-state index in [2.05, 4.69) is 50.4 Å². The summed E-state index contributed by atoms with van der Waals surface area (Å²) in [4.78, 5) is 40.2. The van der Waals surface area contributed by atoms with Gasteiger partial charge in [-0.2, -0.15) is 0 Å². The molecule has 0 aliphatic carbocycles. The zero-order valence-corrected chi connectivity index (χ0v) is 57.1. The van der Waals surface area contributed by atoms with Crippen molar-refractivity contribution in [2.75, 3.05) is 40.9 Å². The highest BCUT2D eigenvalue weighted by Gasteiger charge is 2.27. The minimum Gasteiger partial charge on any atom is -0.756 e. The quantitative estimate of drug-likeness (QED) is 0.0212. The summed E-state index contributed by atoms with van der Waals surface area (Å²) in [6.07, 6.45) is 78.5. The summed E-state index contributed by atoms with van der Waals surface area (Å²) in [5, 5.41) is 3.05. The van der Waals surface area contributed by atoms with Crippen molar-refractivity contribution in [1.29, 1.82) is 0 Å². The molecule has 0 rings (SSSR count). The standard InChI is InChI=1S/C73H141N2O7P/c1-7-10-13-16-19-22-25-27-29-31-33-34-35-36-37-38-39-40-42-43-45-47-50-53-56-59-62-65-72(76)74-70(69-81-83(78,79)80-68-67-75(4,5)6)71(64-61-58-55-52-49-24-21-18-15-12-9-3)82-73(77)66-63-60-57-54-51-48-46-44-41-32-30-28-26-23-20-17-14-11-8-2/h19,22,27,29,61,64,70-71H,7-18,20-21,23-26,28,30-60,62-63,65-69H2,1-6H3,(H-,74,76,78,79)/b22-19-,29-27-,64-61-. The highest BCUT2D eigenvalue weighted by atomic mass is 31.2. The van der Waals surface area contributed by atoms with Gasteiger partial charge in [0.2, 0.25) is 5.91 Å². The van der Waals surface area contributed by atoms with Crippen molar-refractivity contribution in [2.24, 2.45) is 0 Å². The normalized spacial score (nSPS) is 13.7. The van der Waals surface area contributed by atoms with Crippen molar-refractivity contribution >= 4 is 19.7 Å². The molecule has 0 fully saturated rings. The van der Waals surface area contributed by atoms with Crippen LogP contribution in [0.2, 0.25) is 0 Å². The molecule has 1 amide bonds. The molecule has 0 saturated carbocycles. The van der Waals surface area contributed by atoms with Gasteiger partial charge < -0.3 is 28.5 Å². The van der Waals surface area contributed by atoms with Crippen molar-refractivity contribution < 1.29 is 37.3 Å². The van der Waals surface area contributed by atoms with Crippen LogP contribution in [0.15, 0.2) is 36.5 Å². The third-order valence-corrected chi connectivity index (χ3v) is 17.5. The number of carbonyl (C=O) groups is 2. The van der Waals surface area contributed by atoms with Crippen molar-refractivity contribution in [3.8, 4) is 0 Å². The van der Waals surface area contributed by atoms with Crippen molar-refractivity contribution in [3.63, 3.8) is 0 Å². The first-order chi connectivity index (χ1) is 40.4. The molecule has 10 heteroatoms. The number of hydrogen-bond donors (Lipinski definition) is 1. The van der Waals surface area contributed by atoms with Crippen molar-refractivity contribution in [1.82, 2.24) is 5.32 Å². The van der Waals surface area contributed by atoms with E-state index in [-0.39, 0.29) is 31.5 Å². The maximum absolute atomic E-state index is 13.6. The molecule has 9 nitrogen and oxygen atoms in total. The predicted molar refractivity (Wildman–Crippen MR) is 358 cm³/mol. The Morgan fingerprint density at radius 1 is 0.422 bits per heavy atom. The number of phosphoric ester groups is 1. The first-order valence-electron chi connectivity index (χ1n) is 36.3. The van der Waals surface area contributed by atoms with Crippen LogP contribution in [0, 0.1) is 0 Å². The third kappa shape index (κ3) is 64.5. The fourth-order valence-electron chi connectivity index (χ4n) is 11.0. The summed E-state index contributed by atoms with van der Waals surface area (Å²) in [5.74, 6) is -0.519. The zero-order valence-electron chi connectivity index (χ0n) is 56.2. The molecule has 0 aliphatic heterocycles. The second kappa shape index (κ2) is 63.3. The second-order valence-corrected chi connectivity index (χ2v) is 27.5. The SMILES string of the molecule is CCCCC/C=C\C/C=C\CCCCCCCCCCCCCCCCCCCC(=O)NC(COP(=O)([O-])OCC[N+](C)(C)C)C(/C=C\CCCCCCCCCCC)OC(=O)CCCCCCCCCCCCCCCCCCCCC. The average molecular weight is 1190 g/mol. The lowest BCUT2D eigenvalue weighted by molar-refractivity contribution is -0.870. The number of unbranched alkanes of at least 4 members (excludes halogenated alkanes) is 47. The van der Waals surface area contributed by atoms with Gasteiger partial charge in [-0.05, 0) is 63.9 Å². The van der Waals surface area contributed by atoms with Gasteiger partial charge in [-0.15, -0.1) is 0 Å². The summed E-state index contributed by atoms with van der Waals surface area (Å²) in [6.45, 7) is 6.88. The Labute approximate surface area is 516 Å². The fraction of sp³-hybridized carbons (Fsp3) is 0.890. The Morgan fingerprint density at radius 2 is 0.735 bits per heavy atom. The van der Waals surface area contributed by atoms with Crippen LogP contribution in [-0.4, -0.2) is 69.4 Å². The number of nitrogens with zero attached hydrogens (tertiary/aromatic N) is 1. The molecular formula is C73H141N2O7P. The van der Waals surface area contributed by atoms with Gasteiger partial charge in [-0.3, -0.25) is 14.2 Å².